The Balaban J connectivity index is 1.78. The molecule has 168 valence electrons. The van der Waals surface area contributed by atoms with Gasteiger partial charge in [-0.15, -0.1) is 0 Å². The molecule has 0 bridgehead atoms. The van der Waals surface area contributed by atoms with Crippen LogP contribution < -0.4 is 9.47 Å². The molecule has 0 aliphatic carbocycles. The van der Waals surface area contributed by atoms with Gasteiger partial charge < -0.3 is 14.6 Å². The van der Waals surface area contributed by atoms with Crippen molar-refractivity contribution in [1.82, 2.24) is 4.90 Å². The van der Waals surface area contributed by atoms with Gasteiger partial charge in [0.2, 0.25) is 0 Å². The number of carbonyl (C=O) groups is 2. The van der Waals surface area contributed by atoms with Crippen LogP contribution in [0.25, 0.3) is 6.08 Å². The van der Waals surface area contributed by atoms with Gasteiger partial charge in [-0.2, -0.15) is 0 Å². The number of carbonyl (C=O) groups excluding carboxylic acids is 1. The fourth-order valence-electron chi connectivity index (χ4n) is 3.10. The molecule has 2 aromatic rings. The van der Waals surface area contributed by atoms with Crippen LogP contribution in [0.1, 0.15) is 42.3 Å². The van der Waals surface area contributed by atoms with Crippen LogP contribution in [-0.4, -0.2) is 46.7 Å². The monoisotopic (exact) mass is 454 g/mol. The number of amides is 1. The quantitative estimate of drug-likeness (QED) is 0.554. The largest absolute Gasteiger partial charge is 0.490 e. The van der Waals surface area contributed by atoms with E-state index < -0.39 is 5.97 Å². The van der Waals surface area contributed by atoms with E-state index in [1.807, 2.05) is 45.0 Å². The minimum absolute atomic E-state index is 0.0483. The highest BCUT2D eigenvalue weighted by Gasteiger charge is 2.31. The van der Waals surface area contributed by atoms with Crippen molar-refractivity contribution in [1.29, 1.82) is 0 Å². The molecule has 0 unspecified atom stereocenters. The van der Waals surface area contributed by atoms with E-state index in [9.17, 15) is 9.59 Å². The number of rotatable bonds is 9. The highest BCUT2D eigenvalue weighted by molar-refractivity contribution is 8.18. The third-order valence-corrected chi connectivity index (χ3v) is 5.70. The summed E-state index contributed by atoms with van der Waals surface area (Å²) < 4.78 is 11.7. The number of benzene rings is 2. The standard InChI is InChI=1S/C24H26N2O5S/c1-4-25-24-26(5-2)22(27)21(32-24)14-17-9-12-19(20(13-17)30-6-3)31-15-16-7-10-18(11-8-16)23(28)29/h7-14H,4-6,15H2,1-3H3,(H,28,29)/b21-14-,25-24?. The second-order valence-corrected chi connectivity index (χ2v) is 7.86. The molecule has 1 amide bonds. The van der Waals surface area contributed by atoms with Crippen LogP contribution in [0.5, 0.6) is 11.5 Å². The van der Waals surface area contributed by atoms with E-state index >= 15 is 0 Å². The third kappa shape index (κ3) is 5.50. The van der Waals surface area contributed by atoms with Crippen molar-refractivity contribution in [2.75, 3.05) is 19.7 Å². The predicted octanol–water partition coefficient (Wildman–Crippen LogP) is 4.67. The van der Waals surface area contributed by atoms with Gasteiger partial charge in [-0.25, -0.2) is 4.79 Å². The van der Waals surface area contributed by atoms with E-state index in [2.05, 4.69) is 4.99 Å². The molecule has 1 heterocycles. The number of carboxylic acids is 1. The minimum atomic E-state index is -0.963. The van der Waals surface area contributed by atoms with Crippen LogP contribution in [0.15, 0.2) is 52.4 Å². The fourth-order valence-corrected chi connectivity index (χ4v) is 4.20. The summed E-state index contributed by atoms with van der Waals surface area (Å²) >= 11 is 1.38. The number of aliphatic imine (C=N–C) groups is 1. The number of likely N-dealkylation sites (N-methyl/N-ethyl adjacent to an activating group) is 1. The van der Waals surface area contributed by atoms with Crippen molar-refractivity contribution in [2.45, 2.75) is 27.4 Å². The number of carboxylic acid groups (broad SMARTS) is 1. The van der Waals surface area contributed by atoms with Crippen molar-refractivity contribution in [3.8, 4) is 11.5 Å². The Hall–Kier alpha value is -3.26. The second-order valence-electron chi connectivity index (χ2n) is 6.85. The summed E-state index contributed by atoms with van der Waals surface area (Å²) in [7, 11) is 0. The first kappa shape index (κ1) is 23.4. The van der Waals surface area contributed by atoms with Gasteiger partial charge in [-0.3, -0.25) is 14.7 Å². The lowest BCUT2D eigenvalue weighted by atomic mass is 10.1. The molecule has 7 nitrogen and oxygen atoms in total. The lowest BCUT2D eigenvalue weighted by Crippen LogP contribution is -2.28. The van der Waals surface area contributed by atoms with E-state index in [4.69, 9.17) is 14.6 Å². The minimum Gasteiger partial charge on any atom is -0.490 e. The van der Waals surface area contributed by atoms with Crippen molar-refractivity contribution in [3.05, 3.63) is 64.1 Å². The first-order valence-electron chi connectivity index (χ1n) is 10.4. The van der Waals surface area contributed by atoms with Gasteiger partial charge in [0, 0.05) is 13.1 Å². The molecular formula is C24H26N2O5S. The maximum atomic E-state index is 12.7. The molecule has 1 fully saturated rings. The summed E-state index contributed by atoms with van der Waals surface area (Å²) in [5.41, 5.74) is 1.91. The fraction of sp³-hybridized carbons (Fsp3) is 0.292. The summed E-state index contributed by atoms with van der Waals surface area (Å²) in [6.07, 6.45) is 1.84. The average molecular weight is 455 g/mol. The van der Waals surface area contributed by atoms with E-state index in [0.29, 0.717) is 36.1 Å². The van der Waals surface area contributed by atoms with Gasteiger partial charge in [0.15, 0.2) is 16.7 Å². The van der Waals surface area contributed by atoms with Crippen LogP contribution in [0.3, 0.4) is 0 Å². The molecule has 0 spiro atoms. The van der Waals surface area contributed by atoms with Crippen LogP contribution in [0.2, 0.25) is 0 Å². The van der Waals surface area contributed by atoms with Gasteiger partial charge in [0.1, 0.15) is 6.61 Å². The van der Waals surface area contributed by atoms with Gasteiger partial charge in [0.25, 0.3) is 5.91 Å². The zero-order valence-electron chi connectivity index (χ0n) is 18.3. The molecule has 1 saturated heterocycles. The van der Waals surface area contributed by atoms with E-state index in [1.54, 1.807) is 29.2 Å². The molecule has 0 saturated carbocycles. The van der Waals surface area contributed by atoms with Crippen molar-refractivity contribution in [2.24, 2.45) is 4.99 Å². The molecule has 2 aromatic carbocycles. The van der Waals surface area contributed by atoms with E-state index in [1.165, 1.54) is 11.8 Å². The van der Waals surface area contributed by atoms with Crippen LogP contribution in [0.4, 0.5) is 0 Å². The third-order valence-electron chi connectivity index (χ3n) is 4.66. The maximum absolute atomic E-state index is 12.7. The molecule has 0 radical (unpaired) electrons. The predicted molar refractivity (Wildman–Crippen MR) is 126 cm³/mol. The number of hydrogen-bond acceptors (Lipinski definition) is 6. The zero-order chi connectivity index (χ0) is 23.1. The molecule has 1 N–H and O–H groups in total. The molecule has 8 heteroatoms. The molecule has 0 aromatic heterocycles. The van der Waals surface area contributed by atoms with E-state index in [-0.39, 0.29) is 18.1 Å². The summed E-state index contributed by atoms with van der Waals surface area (Å²) in [5.74, 6) is 0.141. The molecule has 32 heavy (non-hydrogen) atoms. The highest BCUT2D eigenvalue weighted by atomic mass is 32.2. The molecule has 1 aliphatic heterocycles. The highest BCUT2D eigenvalue weighted by Crippen LogP contribution is 2.35. The normalized spacial score (nSPS) is 16.1. The molecule has 1 aliphatic rings. The Morgan fingerprint density at radius 3 is 2.47 bits per heavy atom. The SMILES string of the molecule is CCN=C1S/C(=C\c2ccc(OCc3ccc(C(=O)O)cc3)c(OCC)c2)C(=O)N1CC. The van der Waals surface area contributed by atoms with Crippen molar-refractivity contribution >= 4 is 34.9 Å². The summed E-state index contributed by atoms with van der Waals surface area (Å²) in [6.45, 7) is 7.71. The van der Waals surface area contributed by atoms with Crippen molar-refractivity contribution in [3.63, 3.8) is 0 Å². The summed E-state index contributed by atoms with van der Waals surface area (Å²) in [5, 5.41) is 9.74. The molecule has 3 rings (SSSR count). The Kier molecular flexibility index (Phi) is 7.94. The smallest absolute Gasteiger partial charge is 0.335 e. The van der Waals surface area contributed by atoms with Crippen LogP contribution in [-0.2, 0) is 11.4 Å². The van der Waals surface area contributed by atoms with Crippen molar-refractivity contribution < 1.29 is 24.2 Å². The van der Waals surface area contributed by atoms with E-state index in [0.717, 1.165) is 16.3 Å². The number of ether oxygens (including phenoxy) is 2. The van der Waals surface area contributed by atoms with Gasteiger partial charge in [-0.1, -0.05) is 18.2 Å². The Morgan fingerprint density at radius 2 is 1.84 bits per heavy atom. The lowest BCUT2D eigenvalue weighted by Gasteiger charge is -2.13. The molecular weight excluding hydrogens is 428 g/mol. The lowest BCUT2D eigenvalue weighted by molar-refractivity contribution is -0.122. The number of hydrogen-bond donors (Lipinski definition) is 1. The van der Waals surface area contributed by atoms with Crippen LogP contribution >= 0.6 is 11.8 Å². The second kappa shape index (κ2) is 10.9. The maximum Gasteiger partial charge on any atom is 0.335 e. The first-order chi connectivity index (χ1) is 15.5. The van der Waals surface area contributed by atoms with Gasteiger partial charge in [-0.05, 0) is 74.0 Å². The Labute approximate surface area is 191 Å². The van der Waals surface area contributed by atoms with Crippen LogP contribution in [0, 0.1) is 0 Å². The topological polar surface area (TPSA) is 88.4 Å². The zero-order valence-corrected chi connectivity index (χ0v) is 19.1. The molecule has 0 atom stereocenters. The Bertz CT molecular complexity index is 1050. The number of amidine groups is 1. The average Bonchev–Trinajstić information content (AvgIpc) is 3.08. The number of aromatic carboxylic acids is 1. The Morgan fingerprint density at radius 1 is 1.09 bits per heavy atom. The first-order valence-corrected chi connectivity index (χ1v) is 11.3. The van der Waals surface area contributed by atoms with Gasteiger partial charge >= 0.3 is 5.97 Å². The summed E-state index contributed by atoms with van der Waals surface area (Å²) in [4.78, 5) is 30.4. The number of nitrogens with zero attached hydrogens (tertiary/aromatic N) is 2. The summed E-state index contributed by atoms with van der Waals surface area (Å²) in [6, 6.07) is 12.1. The number of thioether (sulfide) groups is 1. The van der Waals surface area contributed by atoms with Gasteiger partial charge in [0.05, 0.1) is 17.1 Å².